The van der Waals surface area contributed by atoms with Gasteiger partial charge in [-0.2, -0.15) is 0 Å². The number of hydrogen-bond acceptors (Lipinski definition) is 0. The highest BCUT2D eigenvalue weighted by Crippen LogP contribution is 2.47. The fraction of sp³-hybridized carbons (Fsp3) is 0.116. The highest BCUT2D eigenvalue weighted by Gasteiger charge is 2.22. The molecular formula is C43H34N2. The van der Waals surface area contributed by atoms with E-state index in [0.717, 1.165) is 13.1 Å². The fourth-order valence-corrected chi connectivity index (χ4v) is 8.16. The topological polar surface area (TPSA) is 9.86 Å². The van der Waals surface area contributed by atoms with E-state index in [2.05, 4.69) is 157 Å². The van der Waals surface area contributed by atoms with Crippen LogP contribution in [0.4, 0.5) is 0 Å². The molecule has 9 rings (SSSR count). The molecule has 0 fully saturated rings. The van der Waals surface area contributed by atoms with Crippen LogP contribution in [-0.4, -0.2) is 9.13 Å². The number of fused-ring (bicyclic) bond motifs is 10. The maximum Gasteiger partial charge on any atom is 0.0571 e. The Hall–Kier alpha value is -5.34. The van der Waals surface area contributed by atoms with E-state index in [1.165, 1.54) is 93.0 Å². The van der Waals surface area contributed by atoms with Crippen LogP contribution in [0, 0.1) is 6.92 Å². The maximum atomic E-state index is 2.49. The molecular weight excluding hydrogens is 544 g/mol. The molecule has 2 aromatic heterocycles. The predicted molar refractivity (Wildman–Crippen MR) is 194 cm³/mol. The lowest BCUT2D eigenvalue weighted by atomic mass is 9.85. The molecule has 0 radical (unpaired) electrons. The zero-order valence-corrected chi connectivity index (χ0v) is 25.9. The van der Waals surface area contributed by atoms with Gasteiger partial charge in [0.2, 0.25) is 0 Å². The third-order valence-electron chi connectivity index (χ3n) is 10.0. The van der Waals surface area contributed by atoms with Gasteiger partial charge in [-0.05, 0) is 83.6 Å². The van der Waals surface area contributed by atoms with Crippen LogP contribution in [0.5, 0.6) is 0 Å². The second kappa shape index (κ2) is 9.84. The van der Waals surface area contributed by atoms with Crippen molar-refractivity contribution in [2.45, 2.75) is 33.9 Å². The van der Waals surface area contributed by atoms with Crippen LogP contribution >= 0.6 is 0 Å². The molecule has 0 atom stereocenters. The van der Waals surface area contributed by atoms with Crippen LogP contribution in [0.1, 0.15) is 19.4 Å². The average molecular weight is 579 g/mol. The van der Waals surface area contributed by atoms with Crippen LogP contribution < -0.4 is 0 Å². The number of para-hydroxylation sites is 2. The van der Waals surface area contributed by atoms with E-state index in [4.69, 9.17) is 0 Å². The third-order valence-corrected chi connectivity index (χ3v) is 10.0. The molecule has 0 amide bonds. The summed E-state index contributed by atoms with van der Waals surface area (Å²) in [5, 5.41) is 10.5. The molecule has 0 aliphatic rings. The second-order valence-corrected chi connectivity index (χ2v) is 12.3. The first-order chi connectivity index (χ1) is 22.2. The molecule has 0 unspecified atom stereocenters. The van der Waals surface area contributed by atoms with E-state index in [-0.39, 0.29) is 0 Å². The summed E-state index contributed by atoms with van der Waals surface area (Å²) in [7, 11) is 0. The quantitative estimate of drug-likeness (QED) is 0.197. The zero-order chi connectivity index (χ0) is 30.2. The van der Waals surface area contributed by atoms with Gasteiger partial charge in [0.25, 0.3) is 0 Å². The Labute approximate surface area is 262 Å². The van der Waals surface area contributed by atoms with Gasteiger partial charge in [-0.15, -0.1) is 0 Å². The van der Waals surface area contributed by atoms with Crippen molar-refractivity contribution in [2.75, 3.05) is 0 Å². The summed E-state index contributed by atoms with van der Waals surface area (Å²) in [5.41, 5.74) is 11.7. The third kappa shape index (κ3) is 3.57. The molecule has 0 aliphatic carbocycles. The van der Waals surface area contributed by atoms with Gasteiger partial charge < -0.3 is 9.13 Å². The SMILES string of the molecule is CCn1c2ccccc2c2cc(-c3cccc(C)c3-c3cc4c5ccccc5n(CC)c4c4ccccc34)c3ccccc3c21. The van der Waals surface area contributed by atoms with Crippen LogP contribution in [-0.2, 0) is 13.1 Å². The van der Waals surface area contributed by atoms with Crippen molar-refractivity contribution in [3.63, 3.8) is 0 Å². The van der Waals surface area contributed by atoms with Gasteiger partial charge in [0.15, 0.2) is 0 Å². The average Bonchev–Trinajstić information content (AvgIpc) is 3.60. The predicted octanol–water partition coefficient (Wildman–Crippen LogP) is 11.9. The zero-order valence-electron chi connectivity index (χ0n) is 25.9. The van der Waals surface area contributed by atoms with Crippen molar-refractivity contribution >= 4 is 65.2 Å². The van der Waals surface area contributed by atoms with E-state index in [9.17, 15) is 0 Å². The molecule has 216 valence electrons. The lowest BCUT2D eigenvalue weighted by Crippen LogP contribution is -1.96. The maximum absolute atomic E-state index is 2.49. The van der Waals surface area contributed by atoms with E-state index in [0.29, 0.717) is 0 Å². The van der Waals surface area contributed by atoms with E-state index >= 15 is 0 Å². The van der Waals surface area contributed by atoms with Crippen LogP contribution in [0.15, 0.2) is 127 Å². The first-order valence-corrected chi connectivity index (χ1v) is 16.1. The summed E-state index contributed by atoms with van der Waals surface area (Å²) >= 11 is 0. The normalized spacial score (nSPS) is 12.1. The summed E-state index contributed by atoms with van der Waals surface area (Å²) in [4.78, 5) is 0. The molecule has 7 aromatic carbocycles. The van der Waals surface area contributed by atoms with E-state index in [1.807, 2.05) is 0 Å². The van der Waals surface area contributed by atoms with Gasteiger partial charge in [0.1, 0.15) is 0 Å². The van der Waals surface area contributed by atoms with Gasteiger partial charge in [0.05, 0.1) is 11.0 Å². The molecule has 9 aromatic rings. The van der Waals surface area contributed by atoms with Crippen molar-refractivity contribution in [3.05, 3.63) is 133 Å². The number of rotatable bonds is 4. The number of nitrogens with zero attached hydrogens (tertiary/aromatic N) is 2. The number of hydrogen-bond donors (Lipinski definition) is 0. The Morgan fingerprint density at radius 1 is 0.400 bits per heavy atom. The van der Waals surface area contributed by atoms with Gasteiger partial charge in [0, 0.05) is 56.4 Å². The van der Waals surface area contributed by atoms with Crippen LogP contribution in [0.25, 0.3) is 87.4 Å². The van der Waals surface area contributed by atoms with Gasteiger partial charge in [-0.25, -0.2) is 0 Å². The largest absolute Gasteiger partial charge is 0.340 e. The Balaban J connectivity index is 1.45. The number of benzene rings is 7. The van der Waals surface area contributed by atoms with Crippen molar-refractivity contribution in [1.29, 1.82) is 0 Å². The van der Waals surface area contributed by atoms with Gasteiger partial charge in [-0.3, -0.25) is 0 Å². The summed E-state index contributed by atoms with van der Waals surface area (Å²) in [6.07, 6.45) is 0. The van der Waals surface area contributed by atoms with E-state index in [1.54, 1.807) is 0 Å². The van der Waals surface area contributed by atoms with Crippen molar-refractivity contribution < 1.29 is 0 Å². The molecule has 2 heterocycles. The molecule has 0 bridgehead atoms. The number of aromatic nitrogens is 2. The molecule has 0 saturated carbocycles. The first kappa shape index (κ1) is 26.1. The Kier molecular flexibility index (Phi) is 5.70. The smallest absolute Gasteiger partial charge is 0.0571 e. The minimum atomic E-state index is 0.931. The summed E-state index contributed by atoms with van der Waals surface area (Å²) in [6.45, 7) is 8.65. The summed E-state index contributed by atoms with van der Waals surface area (Å²) < 4.78 is 4.97. The van der Waals surface area contributed by atoms with Gasteiger partial charge >= 0.3 is 0 Å². The van der Waals surface area contributed by atoms with Crippen molar-refractivity contribution in [3.8, 4) is 22.3 Å². The molecule has 0 N–H and O–H groups in total. The monoisotopic (exact) mass is 578 g/mol. The van der Waals surface area contributed by atoms with Crippen molar-refractivity contribution in [2.24, 2.45) is 0 Å². The number of aryl methyl sites for hydroxylation is 3. The minimum absolute atomic E-state index is 0.931. The lowest BCUT2D eigenvalue weighted by molar-refractivity contribution is 0.829. The Morgan fingerprint density at radius 3 is 1.38 bits per heavy atom. The molecule has 0 aliphatic heterocycles. The summed E-state index contributed by atoms with van der Waals surface area (Å²) in [6, 6.07) is 47.5. The lowest BCUT2D eigenvalue weighted by Gasteiger charge is -2.19. The van der Waals surface area contributed by atoms with Crippen molar-refractivity contribution in [1.82, 2.24) is 9.13 Å². The molecule has 2 heteroatoms. The Bertz CT molecular complexity index is 2630. The first-order valence-electron chi connectivity index (χ1n) is 16.1. The molecule has 0 saturated heterocycles. The van der Waals surface area contributed by atoms with Gasteiger partial charge in [-0.1, -0.05) is 103 Å². The standard InChI is InChI=1S/C43H34N2/c1-4-44-39-23-12-10-18-30(39)37-25-35(28-16-6-8-20-33(28)42(37)44)32-22-14-15-27(3)41(32)36-26-38-31-19-11-13-24-40(31)45(5-2)43(38)34-21-9-7-17-29(34)36/h6-26H,4-5H2,1-3H3. The molecule has 2 nitrogen and oxygen atoms in total. The van der Waals surface area contributed by atoms with Crippen LogP contribution in [0.3, 0.4) is 0 Å². The fourth-order valence-electron chi connectivity index (χ4n) is 8.16. The Morgan fingerprint density at radius 2 is 0.844 bits per heavy atom. The van der Waals surface area contributed by atoms with E-state index < -0.39 is 0 Å². The highest BCUT2D eigenvalue weighted by atomic mass is 15.0. The second-order valence-electron chi connectivity index (χ2n) is 12.3. The minimum Gasteiger partial charge on any atom is -0.340 e. The summed E-state index contributed by atoms with van der Waals surface area (Å²) in [5.74, 6) is 0. The molecule has 0 spiro atoms. The van der Waals surface area contributed by atoms with Crippen LogP contribution in [0.2, 0.25) is 0 Å². The highest BCUT2D eigenvalue weighted by molar-refractivity contribution is 6.24. The molecule has 45 heavy (non-hydrogen) atoms.